The van der Waals surface area contributed by atoms with E-state index in [1.165, 1.54) is 6.42 Å². The molecule has 0 aliphatic carbocycles. The van der Waals surface area contributed by atoms with Gasteiger partial charge in [0.25, 0.3) is 5.91 Å². The molecule has 0 N–H and O–H groups in total. The smallest absolute Gasteiger partial charge is 0.254 e. The summed E-state index contributed by atoms with van der Waals surface area (Å²) in [6, 6.07) is 7.76. The van der Waals surface area contributed by atoms with Crippen LogP contribution in [0.25, 0.3) is 0 Å². The lowest BCUT2D eigenvalue weighted by Gasteiger charge is -2.27. The van der Waals surface area contributed by atoms with Gasteiger partial charge in [-0.25, -0.2) is 0 Å². The lowest BCUT2D eigenvalue weighted by Crippen LogP contribution is -2.37. The topological polar surface area (TPSA) is 29.5 Å². The van der Waals surface area contributed by atoms with Crippen LogP contribution in [0.1, 0.15) is 29.6 Å². The molecule has 2 rings (SSSR count). The Bertz CT molecular complexity index is 430. The molecule has 4 heteroatoms. The van der Waals surface area contributed by atoms with Crippen molar-refractivity contribution in [2.24, 2.45) is 0 Å². The second kappa shape index (κ2) is 6.96. The summed E-state index contributed by atoms with van der Waals surface area (Å²) in [5.41, 5.74) is 0.785. The summed E-state index contributed by atoms with van der Waals surface area (Å²) in [7, 11) is 1.86. The second-order valence-electron chi connectivity index (χ2n) is 4.87. The van der Waals surface area contributed by atoms with Crippen molar-refractivity contribution in [3.05, 3.63) is 29.8 Å². The third kappa shape index (κ3) is 3.74. The molecular formula is C15H21NO2S. The zero-order chi connectivity index (χ0) is 13.7. The van der Waals surface area contributed by atoms with Gasteiger partial charge in [-0.1, -0.05) is 12.1 Å². The quantitative estimate of drug-likeness (QED) is 0.793. The number of benzene rings is 1. The number of ether oxygens (including phenoxy) is 1. The molecular weight excluding hydrogens is 258 g/mol. The number of hydrogen-bond acceptors (Lipinski definition) is 3. The van der Waals surface area contributed by atoms with Crippen molar-refractivity contribution >= 4 is 17.7 Å². The fraction of sp³-hybridized carbons (Fsp3) is 0.533. The van der Waals surface area contributed by atoms with Gasteiger partial charge in [0.15, 0.2) is 0 Å². The number of nitrogens with zero attached hydrogens (tertiary/aromatic N) is 1. The minimum Gasteiger partial charge on any atom is -0.376 e. The van der Waals surface area contributed by atoms with Gasteiger partial charge in [0, 0.05) is 25.1 Å². The number of amides is 1. The van der Waals surface area contributed by atoms with Crippen LogP contribution in [0.5, 0.6) is 0 Å². The highest BCUT2D eigenvalue weighted by Gasteiger charge is 2.20. The number of hydrogen-bond donors (Lipinski definition) is 0. The van der Waals surface area contributed by atoms with Gasteiger partial charge in [-0.3, -0.25) is 4.79 Å². The summed E-state index contributed by atoms with van der Waals surface area (Å²) < 4.78 is 5.69. The molecule has 1 heterocycles. The van der Waals surface area contributed by atoms with Gasteiger partial charge in [0.2, 0.25) is 0 Å². The SMILES string of the molecule is CSc1ccccc1C(=O)N(C)CC1CCCCO1. The Labute approximate surface area is 119 Å². The number of carbonyl (C=O) groups is 1. The van der Waals surface area contributed by atoms with E-state index in [9.17, 15) is 4.79 Å². The maximum atomic E-state index is 12.5. The highest BCUT2D eigenvalue weighted by atomic mass is 32.2. The minimum atomic E-state index is 0.0825. The fourth-order valence-electron chi connectivity index (χ4n) is 2.37. The van der Waals surface area contributed by atoms with Gasteiger partial charge in [-0.05, 0) is 37.7 Å². The monoisotopic (exact) mass is 279 g/mol. The van der Waals surface area contributed by atoms with Crippen molar-refractivity contribution in [3.8, 4) is 0 Å². The van der Waals surface area contributed by atoms with Gasteiger partial charge in [0.05, 0.1) is 11.7 Å². The highest BCUT2D eigenvalue weighted by Crippen LogP contribution is 2.22. The van der Waals surface area contributed by atoms with Crippen LogP contribution in [-0.2, 0) is 4.74 Å². The lowest BCUT2D eigenvalue weighted by atomic mass is 10.1. The normalized spacial score (nSPS) is 19.2. The first-order valence-electron chi connectivity index (χ1n) is 6.72. The Morgan fingerprint density at radius 2 is 2.21 bits per heavy atom. The Morgan fingerprint density at radius 1 is 1.42 bits per heavy atom. The first-order chi connectivity index (χ1) is 9.22. The Kier molecular flexibility index (Phi) is 5.28. The molecule has 3 nitrogen and oxygen atoms in total. The van der Waals surface area contributed by atoms with E-state index >= 15 is 0 Å². The summed E-state index contributed by atoms with van der Waals surface area (Å²) in [6.07, 6.45) is 5.60. The molecule has 1 aromatic rings. The Morgan fingerprint density at radius 3 is 2.89 bits per heavy atom. The summed E-state index contributed by atoms with van der Waals surface area (Å²) in [5, 5.41) is 0. The first-order valence-corrected chi connectivity index (χ1v) is 7.95. The van der Waals surface area contributed by atoms with Crippen molar-refractivity contribution in [2.75, 3.05) is 26.5 Å². The van der Waals surface area contributed by atoms with Gasteiger partial charge < -0.3 is 9.64 Å². The van der Waals surface area contributed by atoms with E-state index in [1.807, 2.05) is 37.6 Å². The zero-order valence-electron chi connectivity index (χ0n) is 11.6. The molecule has 104 valence electrons. The molecule has 1 aliphatic rings. The number of likely N-dealkylation sites (N-methyl/N-ethyl adjacent to an activating group) is 1. The van der Waals surface area contributed by atoms with E-state index in [1.54, 1.807) is 16.7 Å². The van der Waals surface area contributed by atoms with Crippen LogP contribution in [-0.4, -0.2) is 43.4 Å². The molecule has 1 unspecified atom stereocenters. The molecule has 1 aromatic carbocycles. The van der Waals surface area contributed by atoms with Crippen LogP contribution in [0.2, 0.25) is 0 Å². The van der Waals surface area contributed by atoms with Crippen LogP contribution in [0.3, 0.4) is 0 Å². The molecule has 0 saturated carbocycles. The van der Waals surface area contributed by atoms with Crippen LogP contribution >= 0.6 is 11.8 Å². The molecule has 0 aromatic heterocycles. The predicted molar refractivity (Wildman–Crippen MR) is 78.8 cm³/mol. The fourth-order valence-corrected chi connectivity index (χ4v) is 2.96. The number of thioether (sulfide) groups is 1. The van der Waals surface area contributed by atoms with E-state index < -0.39 is 0 Å². The van der Waals surface area contributed by atoms with Gasteiger partial charge in [-0.15, -0.1) is 11.8 Å². The molecule has 1 aliphatic heterocycles. The molecule has 0 radical (unpaired) electrons. The van der Waals surface area contributed by atoms with Crippen molar-refractivity contribution in [2.45, 2.75) is 30.3 Å². The molecule has 1 amide bonds. The van der Waals surface area contributed by atoms with E-state index in [0.717, 1.165) is 29.9 Å². The van der Waals surface area contributed by atoms with Crippen LogP contribution in [0.4, 0.5) is 0 Å². The van der Waals surface area contributed by atoms with Gasteiger partial charge >= 0.3 is 0 Å². The summed E-state index contributed by atoms with van der Waals surface area (Å²) >= 11 is 1.61. The molecule has 0 spiro atoms. The Balaban J connectivity index is 2.01. The minimum absolute atomic E-state index is 0.0825. The summed E-state index contributed by atoms with van der Waals surface area (Å²) in [5.74, 6) is 0.0825. The maximum absolute atomic E-state index is 12.5. The highest BCUT2D eigenvalue weighted by molar-refractivity contribution is 7.98. The van der Waals surface area contributed by atoms with Crippen molar-refractivity contribution < 1.29 is 9.53 Å². The van der Waals surface area contributed by atoms with E-state index in [-0.39, 0.29) is 12.0 Å². The Hall–Kier alpha value is -1.00. The van der Waals surface area contributed by atoms with Crippen LogP contribution in [0.15, 0.2) is 29.2 Å². The van der Waals surface area contributed by atoms with Gasteiger partial charge in [-0.2, -0.15) is 0 Å². The predicted octanol–water partition coefficient (Wildman–Crippen LogP) is 3.05. The molecule has 1 fully saturated rings. The summed E-state index contributed by atoms with van der Waals surface area (Å²) in [4.78, 5) is 15.3. The average Bonchev–Trinajstić information content (AvgIpc) is 2.47. The molecule has 1 saturated heterocycles. The number of rotatable bonds is 4. The number of carbonyl (C=O) groups excluding carboxylic acids is 1. The van der Waals surface area contributed by atoms with Crippen molar-refractivity contribution in [1.82, 2.24) is 4.90 Å². The van der Waals surface area contributed by atoms with Crippen LogP contribution < -0.4 is 0 Å². The van der Waals surface area contributed by atoms with Crippen LogP contribution in [0, 0.1) is 0 Å². The summed E-state index contributed by atoms with van der Waals surface area (Å²) in [6.45, 7) is 1.51. The lowest BCUT2D eigenvalue weighted by molar-refractivity contribution is -0.000248. The van der Waals surface area contributed by atoms with E-state index in [0.29, 0.717) is 6.54 Å². The van der Waals surface area contributed by atoms with E-state index in [2.05, 4.69) is 0 Å². The first kappa shape index (κ1) is 14.4. The third-order valence-electron chi connectivity index (χ3n) is 3.44. The zero-order valence-corrected chi connectivity index (χ0v) is 12.4. The van der Waals surface area contributed by atoms with Crippen molar-refractivity contribution in [3.63, 3.8) is 0 Å². The third-order valence-corrected chi connectivity index (χ3v) is 4.23. The molecule has 0 bridgehead atoms. The van der Waals surface area contributed by atoms with Gasteiger partial charge in [0.1, 0.15) is 0 Å². The molecule has 1 atom stereocenters. The second-order valence-corrected chi connectivity index (χ2v) is 5.72. The largest absolute Gasteiger partial charge is 0.376 e. The van der Waals surface area contributed by atoms with Crippen molar-refractivity contribution in [1.29, 1.82) is 0 Å². The average molecular weight is 279 g/mol. The maximum Gasteiger partial charge on any atom is 0.254 e. The molecule has 19 heavy (non-hydrogen) atoms. The standard InChI is InChI=1S/C15H21NO2S/c1-16(11-12-7-5-6-10-18-12)15(17)13-8-3-4-9-14(13)19-2/h3-4,8-9,12H,5-7,10-11H2,1-2H3. The van der Waals surface area contributed by atoms with E-state index in [4.69, 9.17) is 4.74 Å².